The van der Waals surface area contributed by atoms with Gasteiger partial charge in [-0.2, -0.15) is 11.8 Å². The number of H-pyrrole nitrogens is 2. The Morgan fingerprint density at radius 3 is 2.24 bits per heavy atom. The number of carbonyl (C=O) groups is 2. The summed E-state index contributed by atoms with van der Waals surface area (Å²) in [5, 5.41) is 0.349. The fraction of sp³-hybridized carbons (Fsp3) is 0.568. The topological polar surface area (TPSA) is 133 Å². The third-order valence-electron chi connectivity index (χ3n) is 10.0. The molecule has 2 aromatic heterocycles. The number of amides is 2. The molecule has 2 saturated heterocycles. The summed E-state index contributed by atoms with van der Waals surface area (Å²) in [7, 11) is 0. The number of nitrogens with two attached hydrogens (primary N) is 1. The molecule has 4 unspecified atom stereocenters. The Morgan fingerprint density at radius 2 is 1.63 bits per heavy atom. The summed E-state index contributed by atoms with van der Waals surface area (Å²) in [6.45, 7) is 11.0. The molecule has 0 saturated carbocycles. The molecule has 264 valence electrons. The molecular formula is C37H50BrN7O3S. The number of ether oxygens (including phenoxy) is 1. The summed E-state index contributed by atoms with van der Waals surface area (Å²) >= 11 is 5.50. The average Bonchev–Trinajstić information content (AvgIpc) is 3.89. The van der Waals surface area contributed by atoms with Crippen LogP contribution < -0.4 is 5.73 Å². The molecule has 4 atom stereocenters. The lowest BCUT2D eigenvalue weighted by molar-refractivity contribution is -0.134. The molecule has 2 aromatic rings. The van der Waals surface area contributed by atoms with Crippen LogP contribution in [-0.4, -0.2) is 78.0 Å². The standard InChI is InChI=1S/C37H50BrN7O3S/c1-21(2)30(39)35(46)44-17-7-8-28(44)34-42-31(32(38)43-34)25-15-11-23(12-16-25)22-9-13-24(14-10-22)27-19-40-33(41-27)29-18-26(49-6)20-45(29)36(47)48-37(3,4)5/h9,11,13,15,19,21,26,28-30H,7-8,10,12,14,16-18,20,39H2,1-6H3,(H,40,41)(H,42,43). The lowest BCUT2D eigenvalue weighted by Crippen LogP contribution is -2.46. The molecule has 0 radical (unpaired) electrons. The Kier molecular flexibility index (Phi) is 10.7. The number of allylic oxidation sites excluding steroid dienone is 8. The van der Waals surface area contributed by atoms with Crippen molar-refractivity contribution in [3.63, 3.8) is 0 Å². The molecule has 4 heterocycles. The minimum atomic E-state index is -0.544. The molecular weight excluding hydrogens is 702 g/mol. The van der Waals surface area contributed by atoms with Gasteiger partial charge < -0.3 is 25.3 Å². The normalized spacial score (nSPS) is 23.7. The zero-order valence-corrected chi connectivity index (χ0v) is 31.9. The van der Waals surface area contributed by atoms with Gasteiger partial charge in [-0.25, -0.2) is 14.8 Å². The van der Waals surface area contributed by atoms with Crippen LogP contribution in [0, 0.1) is 5.92 Å². The van der Waals surface area contributed by atoms with Crippen LogP contribution in [0.25, 0.3) is 11.1 Å². The van der Waals surface area contributed by atoms with Crippen molar-refractivity contribution in [2.75, 3.05) is 19.3 Å². The molecule has 0 spiro atoms. The van der Waals surface area contributed by atoms with Crippen LogP contribution in [0.1, 0.15) is 115 Å². The van der Waals surface area contributed by atoms with E-state index in [9.17, 15) is 9.59 Å². The lowest BCUT2D eigenvalue weighted by atomic mass is 9.86. The molecule has 2 amide bonds. The number of carbonyl (C=O) groups excluding carboxylic acids is 2. The predicted molar refractivity (Wildman–Crippen MR) is 200 cm³/mol. The number of likely N-dealkylation sites (tertiary alicyclic amines) is 2. The van der Waals surface area contributed by atoms with E-state index in [1.54, 1.807) is 11.8 Å². The smallest absolute Gasteiger partial charge is 0.410 e. The van der Waals surface area contributed by atoms with E-state index in [4.69, 9.17) is 20.4 Å². The second-order valence-corrected chi connectivity index (χ2v) is 16.9. The number of nitrogens with zero attached hydrogens (tertiary/aromatic N) is 4. The van der Waals surface area contributed by atoms with E-state index in [0.29, 0.717) is 18.3 Å². The van der Waals surface area contributed by atoms with Crippen molar-refractivity contribution in [1.29, 1.82) is 0 Å². The summed E-state index contributed by atoms with van der Waals surface area (Å²) in [6.07, 6.45) is 19.0. The molecule has 4 N–H and O–H groups in total. The minimum Gasteiger partial charge on any atom is -0.444 e. The number of hydrogen-bond acceptors (Lipinski definition) is 7. The van der Waals surface area contributed by atoms with Gasteiger partial charge in [-0.1, -0.05) is 38.2 Å². The molecule has 0 bridgehead atoms. The van der Waals surface area contributed by atoms with Crippen LogP contribution in [0.15, 0.2) is 46.3 Å². The first-order valence-corrected chi connectivity index (χ1v) is 19.6. The van der Waals surface area contributed by atoms with Crippen LogP contribution in [0.2, 0.25) is 0 Å². The number of aromatic amines is 2. The van der Waals surface area contributed by atoms with E-state index in [-0.39, 0.29) is 30.0 Å². The molecule has 4 aliphatic rings. The SMILES string of the molecule is CSC1CC(c2ncc(C3=CC=C(C4=CC=C(c5nc(C6CCCN6C(=O)C(N)C(C)C)[nH]c5Br)CC4)CC3)[nH]2)N(C(=O)OC(C)(C)C)C1. The van der Waals surface area contributed by atoms with Crippen molar-refractivity contribution in [3.8, 4) is 0 Å². The second-order valence-electron chi connectivity index (χ2n) is 14.9. The quantitative estimate of drug-likeness (QED) is 0.250. The van der Waals surface area contributed by atoms with Crippen molar-refractivity contribution < 1.29 is 14.3 Å². The van der Waals surface area contributed by atoms with Gasteiger partial charge in [0, 0.05) is 18.3 Å². The van der Waals surface area contributed by atoms with E-state index in [1.165, 1.54) is 22.3 Å². The maximum Gasteiger partial charge on any atom is 0.410 e. The summed E-state index contributed by atoms with van der Waals surface area (Å²) in [6, 6.07) is -0.703. The summed E-state index contributed by atoms with van der Waals surface area (Å²) < 4.78 is 6.59. The van der Waals surface area contributed by atoms with E-state index < -0.39 is 11.6 Å². The van der Waals surface area contributed by atoms with Gasteiger partial charge in [0.2, 0.25) is 5.91 Å². The van der Waals surface area contributed by atoms with E-state index in [0.717, 1.165) is 72.6 Å². The third-order valence-corrected chi connectivity index (χ3v) is 11.6. The molecule has 49 heavy (non-hydrogen) atoms. The number of imidazole rings is 2. The van der Waals surface area contributed by atoms with E-state index >= 15 is 0 Å². The largest absolute Gasteiger partial charge is 0.444 e. The monoisotopic (exact) mass is 751 g/mol. The summed E-state index contributed by atoms with van der Waals surface area (Å²) in [5.41, 5.74) is 12.7. The van der Waals surface area contributed by atoms with Gasteiger partial charge in [0.05, 0.1) is 35.7 Å². The Morgan fingerprint density at radius 1 is 0.980 bits per heavy atom. The van der Waals surface area contributed by atoms with Crippen molar-refractivity contribution in [2.24, 2.45) is 11.7 Å². The van der Waals surface area contributed by atoms with Crippen molar-refractivity contribution in [3.05, 3.63) is 69.3 Å². The maximum atomic E-state index is 13.1. The predicted octanol–water partition coefficient (Wildman–Crippen LogP) is 7.86. The Labute approximate surface area is 302 Å². The average molecular weight is 753 g/mol. The molecule has 2 fully saturated rings. The highest BCUT2D eigenvalue weighted by atomic mass is 79.9. The summed E-state index contributed by atoms with van der Waals surface area (Å²) in [5.74, 6) is 1.74. The summed E-state index contributed by atoms with van der Waals surface area (Å²) in [4.78, 5) is 46.6. The number of aromatic nitrogens is 4. The highest BCUT2D eigenvalue weighted by Gasteiger charge is 2.40. The first kappa shape index (κ1) is 35.7. The Hall–Kier alpha value is -3.09. The van der Waals surface area contributed by atoms with Gasteiger partial charge in [0.1, 0.15) is 21.9 Å². The Bertz CT molecular complexity index is 1700. The van der Waals surface area contributed by atoms with E-state index in [1.807, 2.05) is 50.6 Å². The Balaban J connectivity index is 1.13. The molecule has 2 aliphatic carbocycles. The van der Waals surface area contributed by atoms with Crippen LogP contribution in [0.3, 0.4) is 0 Å². The zero-order valence-electron chi connectivity index (χ0n) is 29.5. The second kappa shape index (κ2) is 14.6. The van der Waals surface area contributed by atoms with Gasteiger partial charge in [-0.15, -0.1) is 0 Å². The number of hydrogen-bond donors (Lipinski definition) is 3. The molecule has 12 heteroatoms. The van der Waals surface area contributed by atoms with Gasteiger partial charge in [-0.3, -0.25) is 9.69 Å². The highest BCUT2D eigenvalue weighted by molar-refractivity contribution is 9.10. The van der Waals surface area contributed by atoms with Crippen LogP contribution in [0.5, 0.6) is 0 Å². The zero-order chi connectivity index (χ0) is 35.0. The first-order chi connectivity index (χ1) is 23.3. The lowest BCUT2D eigenvalue weighted by Gasteiger charge is -2.27. The highest BCUT2D eigenvalue weighted by Crippen LogP contribution is 2.40. The van der Waals surface area contributed by atoms with Crippen molar-refractivity contribution >= 4 is 50.8 Å². The van der Waals surface area contributed by atoms with Gasteiger partial charge in [-0.05, 0) is 116 Å². The molecule has 10 nitrogen and oxygen atoms in total. The number of rotatable bonds is 8. The number of thioether (sulfide) groups is 1. The van der Waals surface area contributed by atoms with Gasteiger partial charge >= 0.3 is 6.09 Å². The number of halogens is 1. The molecule has 6 rings (SSSR count). The van der Waals surface area contributed by atoms with Gasteiger partial charge in [0.15, 0.2) is 0 Å². The van der Waals surface area contributed by atoms with Gasteiger partial charge in [0.25, 0.3) is 0 Å². The first-order valence-electron chi connectivity index (χ1n) is 17.5. The van der Waals surface area contributed by atoms with Crippen LogP contribution in [0.4, 0.5) is 4.79 Å². The maximum absolute atomic E-state index is 13.1. The minimum absolute atomic E-state index is 0.00455. The fourth-order valence-electron chi connectivity index (χ4n) is 7.18. The van der Waals surface area contributed by atoms with Crippen LogP contribution >= 0.6 is 27.7 Å². The van der Waals surface area contributed by atoms with Crippen LogP contribution in [-0.2, 0) is 9.53 Å². The van der Waals surface area contributed by atoms with Crippen molar-refractivity contribution in [1.82, 2.24) is 29.7 Å². The number of nitrogens with one attached hydrogen (secondary N) is 2. The molecule has 2 aliphatic heterocycles. The van der Waals surface area contributed by atoms with E-state index in [2.05, 4.69) is 56.5 Å². The molecule has 0 aromatic carbocycles. The van der Waals surface area contributed by atoms with Crippen molar-refractivity contribution in [2.45, 2.75) is 109 Å². The fourth-order valence-corrected chi connectivity index (χ4v) is 8.41. The third kappa shape index (κ3) is 7.81.